The summed E-state index contributed by atoms with van der Waals surface area (Å²) in [6.07, 6.45) is 4.50. The van der Waals surface area contributed by atoms with Crippen LogP contribution in [0, 0.1) is 6.08 Å². The molecule has 0 N–H and O–H groups in total. The van der Waals surface area contributed by atoms with E-state index in [0.29, 0.717) is 0 Å². The molecule has 0 fully saturated rings. The zero-order valence-electron chi connectivity index (χ0n) is 7.28. The molecule has 0 aromatic carbocycles. The van der Waals surface area contributed by atoms with Gasteiger partial charge in [0.25, 0.3) is 0 Å². The van der Waals surface area contributed by atoms with Crippen LogP contribution in [0.25, 0.3) is 0 Å². The minimum Gasteiger partial charge on any atom is -0.0772 e. The first-order chi connectivity index (χ1) is 4.63. The summed E-state index contributed by atoms with van der Waals surface area (Å²) in [5.41, 5.74) is 2.91. The van der Waals surface area contributed by atoms with Gasteiger partial charge in [-0.2, -0.15) is 0 Å². The Morgan fingerprint density at radius 1 is 1.30 bits per heavy atom. The van der Waals surface area contributed by atoms with Crippen LogP contribution < -0.4 is 0 Å². The molecule has 1 rings (SSSR count). The molecular weight excluding hydrogens is 136 g/mol. The number of hydrogen-bond donors (Lipinski definition) is 0. The Morgan fingerprint density at radius 2 is 1.90 bits per heavy atom. The second-order valence-corrected chi connectivity index (χ2v) is 6.29. The third-order valence-corrected chi connectivity index (χ3v) is 4.32. The Balaban J connectivity index is 2.84. The quantitative estimate of drug-likeness (QED) is 0.505. The molecule has 0 aromatic heterocycles. The van der Waals surface area contributed by atoms with E-state index in [-0.39, 0.29) is 0 Å². The van der Waals surface area contributed by atoms with Crippen molar-refractivity contribution in [1.82, 2.24) is 0 Å². The molecule has 0 nitrogen and oxygen atoms in total. The monoisotopic (exact) mass is 151 g/mol. The van der Waals surface area contributed by atoms with Crippen molar-refractivity contribution >= 4 is 8.80 Å². The molecule has 1 radical (unpaired) electrons. The fourth-order valence-corrected chi connectivity index (χ4v) is 2.96. The molecule has 55 valence electrons. The van der Waals surface area contributed by atoms with Crippen molar-refractivity contribution < 1.29 is 0 Å². The number of rotatable bonds is 1. The normalized spacial score (nSPS) is 18.7. The standard InChI is InChI=1S/C9H15Si/c1-7-5-6-9(8(7)2)10(3)4/h10H,6H2,1-4H3. The van der Waals surface area contributed by atoms with Crippen molar-refractivity contribution in [1.29, 1.82) is 0 Å². The van der Waals surface area contributed by atoms with E-state index in [1.54, 1.807) is 5.20 Å². The van der Waals surface area contributed by atoms with E-state index in [1.807, 2.05) is 0 Å². The molecule has 0 unspecified atom stereocenters. The highest BCUT2D eigenvalue weighted by molar-refractivity contribution is 6.64. The van der Waals surface area contributed by atoms with E-state index in [2.05, 4.69) is 33.0 Å². The van der Waals surface area contributed by atoms with Crippen LogP contribution in [0.2, 0.25) is 13.1 Å². The zero-order chi connectivity index (χ0) is 7.72. The lowest BCUT2D eigenvalue weighted by atomic mass is 10.2. The van der Waals surface area contributed by atoms with Crippen molar-refractivity contribution in [3.05, 3.63) is 22.4 Å². The smallest absolute Gasteiger partial charge is 0.0603 e. The summed E-state index contributed by atoms with van der Waals surface area (Å²) in [6.45, 7) is 9.18. The highest BCUT2D eigenvalue weighted by atomic mass is 28.3. The fourth-order valence-electron chi connectivity index (χ4n) is 1.37. The van der Waals surface area contributed by atoms with E-state index in [4.69, 9.17) is 0 Å². The first-order valence-corrected chi connectivity index (χ1v) is 6.79. The van der Waals surface area contributed by atoms with Gasteiger partial charge in [0, 0.05) is 0 Å². The van der Waals surface area contributed by atoms with Gasteiger partial charge in [-0.25, -0.2) is 0 Å². The Labute approximate surface area is 65.3 Å². The summed E-state index contributed by atoms with van der Waals surface area (Å²) in [5.74, 6) is 0. The molecule has 10 heavy (non-hydrogen) atoms. The van der Waals surface area contributed by atoms with Gasteiger partial charge in [-0.3, -0.25) is 0 Å². The maximum atomic E-state index is 3.38. The maximum absolute atomic E-state index is 3.38. The fraction of sp³-hybridized carbons (Fsp3) is 0.556. The summed E-state index contributed by atoms with van der Waals surface area (Å²) in [5, 5.41) is 1.71. The van der Waals surface area contributed by atoms with Gasteiger partial charge >= 0.3 is 0 Å². The second kappa shape index (κ2) is 2.75. The predicted molar refractivity (Wildman–Crippen MR) is 48.6 cm³/mol. The highest BCUT2D eigenvalue weighted by Gasteiger charge is 2.13. The zero-order valence-corrected chi connectivity index (χ0v) is 8.44. The van der Waals surface area contributed by atoms with Crippen LogP contribution in [0.5, 0.6) is 0 Å². The van der Waals surface area contributed by atoms with Crippen LogP contribution in [-0.2, 0) is 0 Å². The highest BCUT2D eigenvalue weighted by Crippen LogP contribution is 2.25. The van der Waals surface area contributed by atoms with Gasteiger partial charge in [0.15, 0.2) is 0 Å². The third-order valence-electron chi connectivity index (χ3n) is 2.29. The number of hydrogen-bond acceptors (Lipinski definition) is 0. The second-order valence-electron chi connectivity index (χ2n) is 3.28. The lowest BCUT2D eigenvalue weighted by molar-refractivity contribution is 1.31. The van der Waals surface area contributed by atoms with Crippen LogP contribution >= 0.6 is 0 Å². The first-order valence-electron chi connectivity index (χ1n) is 3.90. The average molecular weight is 151 g/mol. The van der Waals surface area contributed by atoms with Gasteiger partial charge in [0.1, 0.15) is 0 Å². The van der Waals surface area contributed by atoms with Crippen molar-refractivity contribution in [2.75, 3.05) is 0 Å². The lowest BCUT2D eigenvalue weighted by Crippen LogP contribution is -2.04. The van der Waals surface area contributed by atoms with Crippen molar-refractivity contribution in [2.24, 2.45) is 0 Å². The summed E-state index contributed by atoms with van der Waals surface area (Å²) >= 11 is 0. The van der Waals surface area contributed by atoms with Gasteiger partial charge in [-0.05, 0) is 31.9 Å². The molecule has 0 aromatic rings. The van der Waals surface area contributed by atoms with Crippen LogP contribution in [-0.4, -0.2) is 8.80 Å². The molecule has 0 bridgehead atoms. The Bertz CT molecular complexity index is 197. The predicted octanol–water partition coefficient (Wildman–Crippen LogP) is 2.48. The molecule has 0 saturated carbocycles. The summed E-state index contributed by atoms with van der Waals surface area (Å²) in [4.78, 5) is 0. The molecule has 1 heteroatoms. The molecule has 0 heterocycles. The molecule has 1 aliphatic carbocycles. The van der Waals surface area contributed by atoms with Crippen LogP contribution in [0.1, 0.15) is 20.3 Å². The Hall–Kier alpha value is -0.303. The lowest BCUT2D eigenvalue weighted by Gasteiger charge is -2.06. The third kappa shape index (κ3) is 1.24. The molecule has 0 saturated heterocycles. The largest absolute Gasteiger partial charge is 0.0772 e. The minimum atomic E-state index is -0.523. The van der Waals surface area contributed by atoms with E-state index in [0.717, 1.165) is 6.42 Å². The average Bonchev–Trinajstić information content (AvgIpc) is 2.14. The van der Waals surface area contributed by atoms with Crippen LogP contribution in [0.4, 0.5) is 0 Å². The van der Waals surface area contributed by atoms with Gasteiger partial charge in [-0.1, -0.05) is 23.9 Å². The first kappa shape index (κ1) is 7.80. The van der Waals surface area contributed by atoms with Gasteiger partial charge in [0.2, 0.25) is 0 Å². The van der Waals surface area contributed by atoms with E-state index < -0.39 is 8.80 Å². The molecule has 1 aliphatic rings. The molecule has 0 spiro atoms. The maximum Gasteiger partial charge on any atom is 0.0603 e. The van der Waals surface area contributed by atoms with E-state index in [1.165, 1.54) is 11.1 Å². The Morgan fingerprint density at radius 3 is 2.10 bits per heavy atom. The van der Waals surface area contributed by atoms with E-state index in [9.17, 15) is 0 Å². The van der Waals surface area contributed by atoms with Crippen molar-refractivity contribution in [3.8, 4) is 0 Å². The molecule has 0 amide bonds. The molecule has 0 aliphatic heterocycles. The number of allylic oxidation sites excluding steroid dienone is 4. The van der Waals surface area contributed by atoms with Crippen molar-refractivity contribution in [3.63, 3.8) is 0 Å². The Kier molecular flexibility index (Phi) is 2.14. The topological polar surface area (TPSA) is 0 Å². The van der Waals surface area contributed by atoms with Gasteiger partial charge in [0.05, 0.1) is 8.80 Å². The summed E-state index contributed by atoms with van der Waals surface area (Å²) < 4.78 is 0. The minimum absolute atomic E-state index is 0.523. The van der Waals surface area contributed by atoms with Crippen molar-refractivity contribution in [2.45, 2.75) is 33.4 Å². The SMILES string of the molecule is CC1=[C]CC([SiH](C)C)=C1C. The summed E-state index contributed by atoms with van der Waals surface area (Å²) in [7, 11) is -0.523. The van der Waals surface area contributed by atoms with Crippen LogP contribution in [0.15, 0.2) is 16.3 Å². The molecular formula is C9H15Si. The van der Waals surface area contributed by atoms with Crippen LogP contribution in [0.3, 0.4) is 0 Å². The van der Waals surface area contributed by atoms with Gasteiger partial charge < -0.3 is 0 Å². The van der Waals surface area contributed by atoms with E-state index >= 15 is 0 Å². The summed E-state index contributed by atoms with van der Waals surface area (Å²) in [6, 6.07) is 0. The van der Waals surface area contributed by atoms with Gasteiger partial charge in [-0.15, -0.1) is 0 Å². The molecule has 0 atom stereocenters.